The van der Waals surface area contributed by atoms with Crippen molar-refractivity contribution in [3.8, 4) is 5.75 Å². The number of hydrogen-bond acceptors (Lipinski definition) is 5. The number of carbonyl (C=O) groups excluding carboxylic acids is 2. The number of rotatable bonds is 6. The van der Waals surface area contributed by atoms with E-state index in [9.17, 15) is 9.59 Å². The average molecular weight is 539 g/mol. The first-order chi connectivity index (χ1) is 15.9. The van der Waals surface area contributed by atoms with Gasteiger partial charge in [0.05, 0.1) is 4.91 Å². The summed E-state index contributed by atoms with van der Waals surface area (Å²) in [6, 6.07) is 22.5. The lowest BCUT2D eigenvalue weighted by atomic mass is 10.1. The van der Waals surface area contributed by atoms with E-state index < -0.39 is 0 Å². The Kier molecular flexibility index (Phi) is 7.27. The number of nitrogens with one attached hydrogen (secondary N) is 1. The molecule has 0 aliphatic carbocycles. The van der Waals surface area contributed by atoms with Crippen LogP contribution in [0.5, 0.6) is 5.75 Å². The average Bonchev–Trinajstić information content (AvgIpc) is 3.07. The van der Waals surface area contributed by atoms with Gasteiger partial charge in [0.1, 0.15) is 12.4 Å². The zero-order valence-corrected chi connectivity index (χ0v) is 20.8. The van der Waals surface area contributed by atoms with Crippen LogP contribution in [-0.4, -0.2) is 21.1 Å². The number of carbonyl (C=O) groups is 2. The zero-order chi connectivity index (χ0) is 23.4. The van der Waals surface area contributed by atoms with Crippen molar-refractivity contribution in [2.24, 2.45) is 0 Å². The molecule has 0 spiro atoms. The molecular formula is C25H19BrN2O3S2. The molecule has 0 aromatic heterocycles. The van der Waals surface area contributed by atoms with Crippen molar-refractivity contribution in [1.29, 1.82) is 0 Å². The molecule has 0 saturated carbocycles. The number of hydrazine groups is 1. The molecule has 8 heteroatoms. The Bertz CT molecular complexity index is 1220. The molecular weight excluding hydrogens is 520 g/mol. The van der Waals surface area contributed by atoms with Crippen LogP contribution in [0.2, 0.25) is 0 Å². The van der Waals surface area contributed by atoms with Gasteiger partial charge in [-0.15, -0.1) is 0 Å². The molecule has 1 saturated heterocycles. The third-order valence-electron chi connectivity index (χ3n) is 4.82. The summed E-state index contributed by atoms with van der Waals surface area (Å²) >= 11 is 9.87. The lowest BCUT2D eigenvalue weighted by Crippen LogP contribution is -2.44. The van der Waals surface area contributed by atoms with Gasteiger partial charge in [0.25, 0.3) is 11.8 Å². The first-order valence-corrected chi connectivity index (χ1v) is 12.0. The maximum Gasteiger partial charge on any atom is 0.285 e. The summed E-state index contributed by atoms with van der Waals surface area (Å²) in [4.78, 5) is 25.7. The fourth-order valence-corrected chi connectivity index (χ4v) is 4.44. The number of hydrogen-bond donors (Lipinski definition) is 1. The van der Waals surface area contributed by atoms with E-state index in [0.29, 0.717) is 17.1 Å². The largest absolute Gasteiger partial charge is 0.489 e. The molecule has 1 aliphatic heterocycles. The third-order valence-corrected chi connectivity index (χ3v) is 6.65. The standard InChI is InChI=1S/C25H19BrN2O3S2/c1-16-2-8-19(9-3-16)23(29)27-28-24(30)22(33-25(28)32)14-17-6-12-21(13-7-17)31-15-18-4-10-20(26)11-5-18/h2-14H,15H2,1H3,(H,27,29)/b22-14+. The summed E-state index contributed by atoms with van der Waals surface area (Å²) in [7, 11) is 0. The Morgan fingerprint density at radius 3 is 2.39 bits per heavy atom. The van der Waals surface area contributed by atoms with Gasteiger partial charge in [-0.05, 0) is 72.7 Å². The van der Waals surface area contributed by atoms with Crippen LogP contribution in [0, 0.1) is 6.92 Å². The summed E-state index contributed by atoms with van der Waals surface area (Å²) < 4.78 is 7.12. The Balaban J connectivity index is 1.38. The Labute approximate surface area is 209 Å². The highest BCUT2D eigenvalue weighted by Gasteiger charge is 2.33. The van der Waals surface area contributed by atoms with E-state index in [-0.39, 0.29) is 16.1 Å². The van der Waals surface area contributed by atoms with Crippen molar-refractivity contribution in [3.05, 3.63) is 104 Å². The van der Waals surface area contributed by atoms with E-state index in [1.54, 1.807) is 18.2 Å². The molecule has 1 N–H and O–H groups in total. The molecule has 0 radical (unpaired) electrons. The van der Waals surface area contributed by atoms with Crippen LogP contribution in [0.4, 0.5) is 0 Å². The Morgan fingerprint density at radius 1 is 1.06 bits per heavy atom. The van der Waals surface area contributed by atoms with Crippen LogP contribution in [0.3, 0.4) is 0 Å². The van der Waals surface area contributed by atoms with Gasteiger partial charge >= 0.3 is 0 Å². The van der Waals surface area contributed by atoms with Crippen molar-refractivity contribution in [2.45, 2.75) is 13.5 Å². The fraction of sp³-hybridized carbons (Fsp3) is 0.0800. The van der Waals surface area contributed by atoms with E-state index in [0.717, 1.165) is 43.7 Å². The summed E-state index contributed by atoms with van der Waals surface area (Å²) in [5.74, 6) is -0.0196. The minimum atomic E-state index is -0.389. The number of nitrogens with zero attached hydrogens (tertiary/aromatic N) is 1. The number of aryl methyl sites for hydroxylation is 1. The smallest absolute Gasteiger partial charge is 0.285 e. The van der Waals surface area contributed by atoms with E-state index in [1.807, 2.05) is 67.6 Å². The Morgan fingerprint density at radius 2 is 1.73 bits per heavy atom. The van der Waals surface area contributed by atoms with Gasteiger partial charge in [-0.3, -0.25) is 15.0 Å². The maximum atomic E-state index is 12.8. The summed E-state index contributed by atoms with van der Waals surface area (Å²) in [5, 5.41) is 1.11. The van der Waals surface area contributed by atoms with Crippen LogP contribution in [0.1, 0.15) is 27.0 Å². The molecule has 5 nitrogen and oxygen atoms in total. The van der Waals surface area contributed by atoms with Crippen molar-refractivity contribution in [2.75, 3.05) is 0 Å². The van der Waals surface area contributed by atoms with Crippen LogP contribution in [0.15, 0.2) is 82.2 Å². The SMILES string of the molecule is Cc1ccc(C(=O)NN2C(=O)/C(=C\c3ccc(OCc4ccc(Br)cc4)cc3)SC2=S)cc1. The zero-order valence-electron chi connectivity index (χ0n) is 17.6. The molecule has 33 heavy (non-hydrogen) atoms. The van der Waals surface area contributed by atoms with Gasteiger partial charge < -0.3 is 4.74 Å². The van der Waals surface area contributed by atoms with Crippen LogP contribution >= 0.6 is 39.9 Å². The molecule has 0 bridgehead atoms. The highest BCUT2D eigenvalue weighted by atomic mass is 79.9. The summed E-state index contributed by atoms with van der Waals surface area (Å²) in [6.45, 7) is 2.40. The minimum absolute atomic E-state index is 0.279. The predicted octanol–water partition coefficient (Wildman–Crippen LogP) is 5.88. The topological polar surface area (TPSA) is 58.6 Å². The summed E-state index contributed by atoms with van der Waals surface area (Å²) in [5.41, 5.74) is 5.99. The van der Waals surface area contributed by atoms with Crippen LogP contribution < -0.4 is 10.2 Å². The maximum absolute atomic E-state index is 12.8. The van der Waals surface area contributed by atoms with E-state index in [2.05, 4.69) is 21.4 Å². The molecule has 3 aromatic rings. The van der Waals surface area contributed by atoms with Gasteiger partial charge in [-0.1, -0.05) is 69.7 Å². The molecule has 1 aliphatic rings. The minimum Gasteiger partial charge on any atom is -0.489 e. The van der Waals surface area contributed by atoms with Gasteiger partial charge in [0.15, 0.2) is 4.32 Å². The second-order valence-corrected chi connectivity index (χ2v) is 9.90. The molecule has 0 atom stereocenters. The highest BCUT2D eigenvalue weighted by Crippen LogP contribution is 2.31. The molecule has 1 fully saturated rings. The number of benzene rings is 3. The monoisotopic (exact) mass is 538 g/mol. The van der Waals surface area contributed by atoms with E-state index in [4.69, 9.17) is 17.0 Å². The number of halogens is 1. The normalized spacial score (nSPS) is 14.6. The lowest BCUT2D eigenvalue weighted by molar-refractivity contribution is -0.123. The summed E-state index contributed by atoms with van der Waals surface area (Å²) in [6.07, 6.45) is 1.75. The van der Waals surface area contributed by atoms with Gasteiger partial charge in [-0.25, -0.2) is 0 Å². The quantitative estimate of drug-likeness (QED) is 0.313. The molecule has 166 valence electrons. The van der Waals surface area contributed by atoms with Gasteiger partial charge in [-0.2, -0.15) is 5.01 Å². The molecule has 4 rings (SSSR count). The molecule has 3 aromatic carbocycles. The van der Waals surface area contributed by atoms with E-state index >= 15 is 0 Å². The number of ether oxygens (including phenoxy) is 1. The van der Waals surface area contributed by atoms with E-state index in [1.165, 1.54) is 0 Å². The van der Waals surface area contributed by atoms with Crippen molar-refractivity contribution in [3.63, 3.8) is 0 Å². The lowest BCUT2D eigenvalue weighted by Gasteiger charge is -2.15. The highest BCUT2D eigenvalue weighted by molar-refractivity contribution is 9.10. The second kappa shape index (κ2) is 10.3. The van der Waals surface area contributed by atoms with Gasteiger partial charge in [0.2, 0.25) is 0 Å². The number of thiocarbonyl (C=S) groups is 1. The van der Waals surface area contributed by atoms with Crippen LogP contribution in [-0.2, 0) is 11.4 Å². The van der Waals surface area contributed by atoms with Crippen LogP contribution in [0.25, 0.3) is 6.08 Å². The second-order valence-electron chi connectivity index (χ2n) is 7.31. The van der Waals surface area contributed by atoms with Crippen molar-refractivity contribution < 1.29 is 14.3 Å². The van der Waals surface area contributed by atoms with Crippen molar-refractivity contribution in [1.82, 2.24) is 10.4 Å². The first kappa shape index (κ1) is 23.2. The predicted molar refractivity (Wildman–Crippen MR) is 139 cm³/mol. The first-order valence-electron chi connectivity index (χ1n) is 10.0. The fourth-order valence-electron chi connectivity index (χ4n) is 2.99. The molecule has 0 unspecified atom stereocenters. The number of amides is 2. The molecule has 1 heterocycles. The third kappa shape index (κ3) is 5.90. The van der Waals surface area contributed by atoms with Crippen molar-refractivity contribution >= 4 is 62.1 Å². The number of thioether (sulfide) groups is 1. The Hall–Kier alpha value is -2.94. The molecule has 2 amide bonds. The van der Waals surface area contributed by atoms with Gasteiger partial charge in [0, 0.05) is 10.0 Å².